The Morgan fingerprint density at radius 2 is 1.93 bits per heavy atom. The molecule has 1 aliphatic rings. The fourth-order valence-electron chi connectivity index (χ4n) is 3.31. The molecule has 0 atom stereocenters. The number of nitrogens with one attached hydrogen (secondary N) is 1. The van der Waals surface area contributed by atoms with Gasteiger partial charge in [-0.2, -0.15) is 0 Å². The van der Waals surface area contributed by atoms with Gasteiger partial charge in [0.05, 0.1) is 18.1 Å². The maximum absolute atomic E-state index is 12.7. The topological polar surface area (TPSA) is 84.9 Å². The number of nitrogens with zero attached hydrogens (tertiary/aromatic N) is 1. The van der Waals surface area contributed by atoms with Crippen molar-refractivity contribution >= 4 is 21.6 Å². The van der Waals surface area contributed by atoms with E-state index in [0.29, 0.717) is 24.5 Å². The second-order valence-corrected chi connectivity index (χ2v) is 8.95. The zero-order valence-corrected chi connectivity index (χ0v) is 17.9. The number of methoxy groups -OCH3 is 1. The Bertz CT molecular complexity index is 1020. The molecular weight excluding hydrogens is 392 g/mol. The molecule has 8 heteroatoms. The van der Waals surface area contributed by atoms with Crippen LogP contribution >= 0.6 is 0 Å². The molecule has 3 rings (SSSR count). The van der Waals surface area contributed by atoms with E-state index >= 15 is 0 Å². The first-order valence-corrected chi connectivity index (χ1v) is 10.9. The highest BCUT2D eigenvalue weighted by Gasteiger charge is 2.24. The van der Waals surface area contributed by atoms with Crippen molar-refractivity contribution in [1.29, 1.82) is 0 Å². The summed E-state index contributed by atoms with van der Waals surface area (Å²) in [6, 6.07) is 10.2. The van der Waals surface area contributed by atoms with Crippen LogP contribution in [0.3, 0.4) is 0 Å². The highest BCUT2D eigenvalue weighted by atomic mass is 32.2. The highest BCUT2D eigenvalue weighted by molar-refractivity contribution is 7.89. The molecule has 0 unspecified atom stereocenters. The summed E-state index contributed by atoms with van der Waals surface area (Å²) in [4.78, 5) is 13.5. The molecule has 0 radical (unpaired) electrons. The van der Waals surface area contributed by atoms with Crippen LogP contribution in [0.5, 0.6) is 11.5 Å². The van der Waals surface area contributed by atoms with Gasteiger partial charge < -0.3 is 14.4 Å². The van der Waals surface area contributed by atoms with Crippen molar-refractivity contribution in [3.8, 4) is 11.5 Å². The Morgan fingerprint density at radius 3 is 2.59 bits per heavy atom. The van der Waals surface area contributed by atoms with E-state index in [1.165, 1.54) is 13.0 Å². The van der Waals surface area contributed by atoms with E-state index in [-0.39, 0.29) is 23.5 Å². The Balaban J connectivity index is 1.75. The Hall–Kier alpha value is -2.58. The molecular formula is C21H26N2O5S. The predicted molar refractivity (Wildman–Crippen MR) is 111 cm³/mol. The smallest absolute Gasteiger partial charge is 0.240 e. The van der Waals surface area contributed by atoms with Gasteiger partial charge in [0.25, 0.3) is 0 Å². The second kappa shape index (κ2) is 8.42. The summed E-state index contributed by atoms with van der Waals surface area (Å²) in [7, 11) is -2.15. The first-order valence-electron chi connectivity index (χ1n) is 9.45. The lowest BCUT2D eigenvalue weighted by atomic mass is 10.2. The number of fused-ring (bicyclic) bond motifs is 1. The molecule has 1 amide bonds. The van der Waals surface area contributed by atoms with Gasteiger partial charge >= 0.3 is 0 Å². The monoisotopic (exact) mass is 418 g/mol. The van der Waals surface area contributed by atoms with Crippen molar-refractivity contribution in [2.24, 2.45) is 0 Å². The lowest BCUT2D eigenvalue weighted by Gasteiger charge is -2.16. The minimum Gasteiger partial charge on any atom is -0.493 e. The second-order valence-electron chi connectivity index (χ2n) is 7.19. The molecule has 0 aliphatic carbocycles. The van der Waals surface area contributed by atoms with Crippen LogP contribution in [-0.2, 0) is 27.8 Å². The van der Waals surface area contributed by atoms with Crippen molar-refractivity contribution < 1.29 is 22.7 Å². The number of benzene rings is 2. The number of carbonyl (C=O) groups excluding carboxylic acids is 1. The molecule has 2 aromatic carbocycles. The van der Waals surface area contributed by atoms with E-state index in [1.807, 2.05) is 13.8 Å². The zero-order chi connectivity index (χ0) is 21.2. The molecule has 7 nitrogen and oxygen atoms in total. The van der Waals surface area contributed by atoms with Gasteiger partial charge in [-0.1, -0.05) is 6.07 Å². The van der Waals surface area contributed by atoms with Gasteiger partial charge in [-0.15, -0.1) is 0 Å². The summed E-state index contributed by atoms with van der Waals surface area (Å²) in [5, 5.41) is 0. The zero-order valence-electron chi connectivity index (χ0n) is 17.1. The normalized spacial score (nSPS) is 13.5. The van der Waals surface area contributed by atoms with Crippen LogP contribution in [0.15, 0.2) is 41.3 Å². The average molecular weight is 419 g/mol. The third kappa shape index (κ3) is 4.71. The van der Waals surface area contributed by atoms with Gasteiger partial charge in [0.2, 0.25) is 15.9 Å². The van der Waals surface area contributed by atoms with Crippen LogP contribution in [0.2, 0.25) is 0 Å². The number of rotatable bonds is 7. The molecule has 0 spiro atoms. The van der Waals surface area contributed by atoms with Gasteiger partial charge in [-0.25, -0.2) is 13.1 Å². The summed E-state index contributed by atoms with van der Waals surface area (Å²) in [5.74, 6) is 1.12. The molecule has 1 N–H and O–H groups in total. The van der Waals surface area contributed by atoms with E-state index in [2.05, 4.69) is 4.72 Å². The summed E-state index contributed by atoms with van der Waals surface area (Å²) >= 11 is 0. The lowest BCUT2D eigenvalue weighted by molar-refractivity contribution is -0.116. The number of hydrogen-bond acceptors (Lipinski definition) is 5. The minimum atomic E-state index is -3.69. The third-order valence-corrected chi connectivity index (χ3v) is 6.09. The van der Waals surface area contributed by atoms with E-state index in [1.54, 1.807) is 42.3 Å². The van der Waals surface area contributed by atoms with Crippen molar-refractivity contribution in [2.45, 2.75) is 44.7 Å². The number of carbonyl (C=O) groups is 1. The Kier molecular flexibility index (Phi) is 6.14. The maximum atomic E-state index is 12.7. The fourth-order valence-corrected chi connectivity index (χ4v) is 4.38. The summed E-state index contributed by atoms with van der Waals surface area (Å²) in [6.45, 7) is 6.05. The molecule has 0 aromatic heterocycles. The van der Waals surface area contributed by atoms with Gasteiger partial charge in [0.15, 0.2) is 11.5 Å². The number of sulfonamides is 1. The fraction of sp³-hybridized carbons (Fsp3) is 0.381. The SMILES string of the molecule is COc1cc(CNS(=O)(=O)c2ccc3c(c2)CCN3C(C)=O)ccc1OC(C)C. The average Bonchev–Trinajstić information content (AvgIpc) is 3.10. The van der Waals surface area contributed by atoms with Crippen LogP contribution in [-0.4, -0.2) is 34.1 Å². The van der Waals surface area contributed by atoms with Gasteiger partial charge in [0, 0.05) is 25.7 Å². The molecule has 0 fully saturated rings. The van der Waals surface area contributed by atoms with Gasteiger partial charge in [-0.3, -0.25) is 4.79 Å². The number of ether oxygens (including phenoxy) is 2. The highest BCUT2D eigenvalue weighted by Crippen LogP contribution is 2.31. The van der Waals surface area contributed by atoms with E-state index in [9.17, 15) is 13.2 Å². The Labute approximate surface area is 171 Å². The first kappa shape index (κ1) is 21.1. The van der Waals surface area contributed by atoms with Gasteiger partial charge in [0.1, 0.15) is 0 Å². The van der Waals surface area contributed by atoms with Crippen LogP contribution in [0.1, 0.15) is 31.9 Å². The molecule has 2 aromatic rings. The molecule has 29 heavy (non-hydrogen) atoms. The predicted octanol–water partition coefficient (Wildman–Crippen LogP) is 2.87. The third-order valence-electron chi connectivity index (χ3n) is 4.69. The van der Waals surface area contributed by atoms with Crippen molar-refractivity contribution in [3.05, 3.63) is 47.5 Å². The van der Waals surface area contributed by atoms with Crippen molar-refractivity contribution in [2.75, 3.05) is 18.6 Å². The number of anilines is 1. The molecule has 0 bridgehead atoms. The Morgan fingerprint density at radius 1 is 1.17 bits per heavy atom. The summed E-state index contributed by atoms with van der Waals surface area (Å²) < 4.78 is 39.1. The number of hydrogen-bond donors (Lipinski definition) is 1. The molecule has 1 aliphatic heterocycles. The summed E-state index contributed by atoms with van der Waals surface area (Å²) in [6.07, 6.45) is 0.652. The van der Waals surface area contributed by atoms with Crippen LogP contribution in [0, 0.1) is 0 Å². The summed E-state index contributed by atoms with van der Waals surface area (Å²) in [5.41, 5.74) is 2.40. The minimum absolute atomic E-state index is 0.00647. The van der Waals surface area contributed by atoms with E-state index in [0.717, 1.165) is 16.8 Å². The van der Waals surface area contributed by atoms with E-state index < -0.39 is 10.0 Å². The molecule has 0 saturated carbocycles. The van der Waals surface area contributed by atoms with Crippen LogP contribution < -0.4 is 19.1 Å². The molecule has 0 saturated heterocycles. The lowest BCUT2D eigenvalue weighted by Crippen LogP contribution is -2.26. The number of amides is 1. The maximum Gasteiger partial charge on any atom is 0.240 e. The van der Waals surface area contributed by atoms with Crippen LogP contribution in [0.4, 0.5) is 5.69 Å². The van der Waals surface area contributed by atoms with Crippen LogP contribution in [0.25, 0.3) is 0 Å². The van der Waals surface area contributed by atoms with Gasteiger partial charge in [-0.05, 0) is 61.7 Å². The molecule has 156 valence electrons. The van der Waals surface area contributed by atoms with Crippen molar-refractivity contribution in [1.82, 2.24) is 4.72 Å². The van der Waals surface area contributed by atoms with E-state index in [4.69, 9.17) is 9.47 Å². The standard InChI is InChI=1S/C21H26N2O5S/c1-14(2)28-20-8-5-16(11-21(20)27-4)13-22-29(25,26)18-6-7-19-17(12-18)9-10-23(19)15(3)24/h5-8,11-12,14,22H,9-10,13H2,1-4H3. The van der Waals surface area contributed by atoms with Crippen molar-refractivity contribution in [3.63, 3.8) is 0 Å². The molecule has 1 heterocycles. The largest absolute Gasteiger partial charge is 0.493 e. The quantitative estimate of drug-likeness (QED) is 0.747. The first-order chi connectivity index (χ1) is 13.7.